The van der Waals surface area contributed by atoms with Crippen LogP contribution in [-0.2, 0) is 16.0 Å². The molecule has 3 saturated heterocycles. The molecule has 174 valence electrons. The molecule has 0 aliphatic carbocycles. The Bertz CT molecular complexity index is 909. The molecule has 1 aromatic rings. The number of ether oxygens (including phenoxy) is 1. The van der Waals surface area contributed by atoms with E-state index in [9.17, 15) is 14.4 Å². The van der Waals surface area contributed by atoms with Gasteiger partial charge in [0.25, 0.3) is 0 Å². The van der Waals surface area contributed by atoms with Crippen LogP contribution in [0.5, 0.6) is 5.75 Å². The van der Waals surface area contributed by atoms with E-state index in [4.69, 9.17) is 4.74 Å². The van der Waals surface area contributed by atoms with Gasteiger partial charge in [0.15, 0.2) is 0 Å². The molecule has 3 fully saturated rings. The van der Waals surface area contributed by atoms with Gasteiger partial charge in [0.05, 0.1) is 18.9 Å². The van der Waals surface area contributed by atoms with Crippen LogP contribution in [0.2, 0.25) is 0 Å². The normalized spacial score (nSPS) is 24.5. The topological polar surface area (TPSA) is 73.4 Å². The molecule has 1 aromatic carbocycles. The van der Waals surface area contributed by atoms with Crippen molar-refractivity contribution in [1.82, 2.24) is 19.6 Å². The molecule has 4 rings (SSSR count). The lowest BCUT2D eigenvalue weighted by Crippen LogP contribution is -2.53. The van der Waals surface area contributed by atoms with Gasteiger partial charge < -0.3 is 24.3 Å². The Morgan fingerprint density at radius 3 is 2.38 bits per heavy atom. The summed E-state index contributed by atoms with van der Waals surface area (Å²) in [7, 11) is 6.98. The van der Waals surface area contributed by atoms with Crippen molar-refractivity contribution in [2.75, 3.05) is 61.0 Å². The number of amides is 4. The van der Waals surface area contributed by atoms with Crippen molar-refractivity contribution in [3.8, 4) is 5.75 Å². The van der Waals surface area contributed by atoms with Gasteiger partial charge in [-0.05, 0) is 37.0 Å². The maximum Gasteiger partial charge on any atom is 0.319 e. The van der Waals surface area contributed by atoms with Crippen LogP contribution >= 0.6 is 0 Å². The summed E-state index contributed by atoms with van der Waals surface area (Å²) in [4.78, 5) is 46.3. The third-order valence-electron chi connectivity index (χ3n) is 7.82. The number of carbonyl (C=O) groups excluding carboxylic acids is 3. The first kappa shape index (κ1) is 22.4. The number of methoxy groups -OCH3 is 1. The van der Waals surface area contributed by atoms with Crippen LogP contribution in [0, 0.1) is 10.8 Å². The Kier molecular flexibility index (Phi) is 5.81. The molecular formula is C24H34N4O4. The highest BCUT2D eigenvalue weighted by Gasteiger charge is 2.65. The van der Waals surface area contributed by atoms with E-state index in [1.54, 1.807) is 26.1 Å². The minimum absolute atomic E-state index is 0.0415. The highest BCUT2D eigenvalue weighted by molar-refractivity contribution is 5.88. The van der Waals surface area contributed by atoms with Gasteiger partial charge in [-0.3, -0.25) is 9.59 Å². The fraction of sp³-hybridized carbons (Fsp3) is 0.625. The Labute approximate surface area is 190 Å². The summed E-state index contributed by atoms with van der Waals surface area (Å²) in [5.41, 5.74) is 0.130. The molecule has 3 aliphatic rings. The Hall–Kier alpha value is -2.77. The highest BCUT2D eigenvalue weighted by atomic mass is 16.5. The second-order valence-corrected chi connectivity index (χ2v) is 9.78. The summed E-state index contributed by atoms with van der Waals surface area (Å²) >= 11 is 0. The Morgan fingerprint density at radius 1 is 1.06 bits per heavy atom. The molecule has 0 N–H and O–H groups in total. The first-order valence-electron chi connectivity index (χ1n) is 11.3. The van der Waals surface area contributed by atoms with Crippen LogP contribution in [0.25, 0.3) is 0 Å². The molecule has 8 heteroatoms. The summed E-state index contributed by atoms with van der Waals surface area (Å²) in [6.07, 6.45) is 2.60. The molecule has 0 aromatic heterocycles. The van der Waals surface area contributed by atoms with E-state index in [-0.39, 0.29) is 23.3 Å². The predicted octanol–water partition coefficient (Wildman–Crippen LogP) is 1.69. The second kappa shape index (κ2) is 8.30. The van der Waals surface area contributed by atoms with Crippen molar-refractivity contribution in [2.24, 2.45) is 10.8 Å². The molecule has 4 amide bonds. The van der Waals surface area contributed by atoms with Gasteiger partial charge in [0, 0.05) is 59.3 Å². The number of rotatable bonds is 3. The van der Waals surface area contributed by atoms with Crippen LogP contribution in [0.4, 0.5) is 4.79 Å². The molecule has 3 aliphatic heterocycles. The maximum absolute atomic E-state index is 13.3. The van der Waals surface area contributed by atoms with Crippen LogP contribution in [0.1, 0.15) is 24.8 Å². The fourth-order valence-electron chi connectivity index (χ4n) is 5.94. The molecule has 1 unspecified atom stereocenters. The SMILES string of the molecule is COc1cccc(CC(=O)N2CCC3(CC2)CN(C(=O)N(C)C)CC32CCN(C)C2=O)c1. The minimum Gasteiger partial charge on any atom is -0.497 e. The van der Waals surface area contributed by atoms with Crippen LogP contribution in [0.15, 0.2) is 24.3 Å². The van der Waals surface area contributed by atoms with Gasteiger partial charge in [0.2, 0.25) is 11.8 Å². The molecule has 1 atom stereocenters. The number of hydrogen-bond acceptors (Lipinski definition) is 4. The lowest BCUT2D eigenvalue weighted by atomic mass is 9.60. The number of piperidine rings is 1. The van der Waals surface area contributed by atoms with E-state index in [0.717, 1.165) is 37.1 Å². The lowest BCUT2D eigenvalue weighted by molar-refractivity contribution is -0.143. The highest BCUT2D eigenvalue weighted by Crippen LogP contribution is 2.57. The number of carbonyl (C=O) groups is 3. The quantitative estimate of drug-likeness (QED) is 0.714. The Morgan fingerprint density at radius 2 is 1.78 bits per heavy atom. The zero-order valence-corrected chi connectivity index (χ0v) is 19.6. The third kappa shape index (κ3) is 3.59. The number of benzene rings is 1. The van der Waals surface area contributed by atoms with Crippen molar-refractivity contribution in [3.05, 3.63) is 29.8 Å². The maximum atomic E-state index is 13.3. The van der Waals surface area contributed by atoms with Gasteiger partial charge in [0.1, 0.15) is 5.75 Å². The molecule has 32 heavy (non-hydrogen) atoms. The van der Waals surface area contributed by atoms with Crippen molar-refractivity contribution >= 4 is 17.8 Å². The smallest absolute Gasteiger partial charge is 0.319 e. The summed E-state index contributed by atoms with van der Waals surface area (Å²) in [6.45, 7) is 3.02. The fourth-order valence-corrected chi connectivity index (χ4v) is 5.94. The number of nitrogens with zero attached hydrogens (tertiary/aromatic N) is 4. The van der Waals surface area contributed by atoms with Crippen molar-refractivity contribution in [3.63, 3.8) is 0 Å². The number of likely N-dealkylation sites (tertiary alicyclic amines) is 3. The van der Waals surface area contributed by atoms with Crippen molar-refractivity contribution in [1.29, 1.82) is 0 Å². The van der Waals surface area contributed by atoms with E-state index in [1.807, 2.05) is 46.0 Å². The van der Waals surface area contributed by atoms with E-state index in [0.29, 0.717) is 32.6 Å². The van der Waals surface area contributed by atoms with Crippen LogP contribution in [-0.4, -0.2) is 98.4 Å². The molecule has 8 nitrogen and oxygen atoms in total. The van der Waals surface area contributed by atoms with E-state index < -0.39 is 5.41 Å². The first-order valence-corrected chi connectivity index (χ1v) is 11.3. The number of urea groups is 1. The Balaban J connectivity index is 1.50. The van der Waals surface area contributed by atoms with E-state index >= 15 is 0 Å². The van der Waals surface area contributed by atoms with Gasteiger partial charge in [-0.15, -0.1) is 0 Å². The zero-order valence-electron chi connectivity index (χ0n) is 19.6. The van der Waals surface area contributed by atoms with Gasteiger partial charge >= 0.3 is 6.03 Å². The summed E-state index contributed by atoms with van der Waals surface area (Å²) in [5.74, 6) is 0.995. The molecule has 0 radical (unpaired) electrons. The van der Waals surface area contributed by atoms with Crippen LogP contribution in [0.3, 0.4) is 0 Å². The average Bonchev–Trinajstić information content (AvgIpc) is 3.26. The zero-order chi connectivity index (χ0) is 23.1. The van der Waals surface area contributed by atoms with Gasteiger partial charge in [-0.1, -0.05) is 12.1 Å². The minimum atomic E-state index is -0.532. The molecular weight excluding hydrogens is 408 g/mol. The third-order valence-corrected chi connectivity index (χ3v) is 7.82. The second-order valence-electron chi connectivity index (χ2n) is 9.78. The molecule has 0 saturated carbocycles. The van der Waals surface area contributed by atoms with E-state index in [1.165, 1.54) is 0 Å². The van der Waals surface area contributed by atoms with Crippen molar-refractivity contribution < 1.29 is 19.1 Å². The molecule has 3 heterocycles. The average molecular weight is 443 g/mol. The predicted molar refractivity (Wildman–Crippen MR) is 120 cm³/mol. The first-order chi connectivity index (χ1) is 15.2. The number of hydrogen-bond donors (Lipinski definition) is 0. The largest absolute Gasteiger partial charge is 0.497 e. The summed E-state index contributed by atoms with van der Waals surface area (Å²) < 4.78 is 5.27. The van der Waals surface area contributed by atoms with Crippen LogP contribution < -0.4 is 4.74 Å². The number of fused-ring (bicyclic) bond motifs is 1. The summed E-state index contributed by atoms with van der Waals surface area (Å²) in [5, 5.41) is 0. The summed E-state index contributed by atoms with van der Waals surface area (Å²) in [6, 6.07) is 7.56. The lowest BCUT2D eigenvalue weighted by Gasteiger charge is -2.46. The van der Waals surface area contributed by atoms with Gasteiger partial charge in [-0.2, -0.15) is 0 Å². The van der Waals surface area contributed by atoms with E-state index in [2.05, 4.69) is 0 Å². The molecule has 0 bridgehead atoms. The standard InChI is InChI=1S/C24H34N4O4/c1-25(2)22(31)28-16-23(24(17-28)10-11-26(3)21(24)30)8-12-27(13-9-23)20(29)15-18-6-5-7-19(14-18)32-4/h5-7,14H,8-13,15-17H2,1-4H3. The molecule has 2 spiro atoms. The van der Waals surface area contributed by atoms with Crippen molar-refractivity contribution in [2.45, 2.75) is 25.7 Å². The van der Waals surface area contributed by atoms with Gasteiger partial charge in [-0.25, -0.2) is 4.79 Å². The monoisotopic (exact) mass is 442 g/mol.